The summed E-state index contributed by atoms with van der Waals surface area (Å²) in [6, 6.07) is 18.7. The average molecular weight is 447 g/mol. The molecule has 3 aromatic heterocycles. The first-order valence-corrected chi connectivity index (χ1v) is 11.8. The lowest BCUT2D eigenvalue weighted by molar-refractivity contribution is 0.337. The monoisotopic (exact) mass is 446 g/mol. The van der Waals surface area contributed by atoms with Crippen LogP contribution in [0.1, 0.15) is 18.4 Å². The van der Waals surface area contributed by atoms with Gasteiger partial charge in [0.2, 0.25) is 0 Å². The van der Waals surface area contributed by atoms with Crippen molar-refractivity contribution >= 4 is 21.8 Å². The van der Waals surface area contributed by atoms with E-state index in [0.29, 0.717) is 11.5 Å². The fraction of sp³-hybridized carbons (Fsp3) is 0.250. The molecule has 0 aliphatic carbocycles. The Morgan fingerprint density at radius 2 is 1.79 bits per heavy atom. The first-order valence-electron chi connectivity index (χ1n) is 11.8. The molecule has 168 valence electrons. The summed E-state index contributed by atoms with van der Waals surface area (Å²) < 4.78 is 4.25. The molecule has 0 amide bonds. The van der Waals surface area contributed by atoms with E-state index in [4.69, 9.17) is 4.98 Å². The molecule has 0 spiro atoms. The number of benzene rings is 2. The summed E-state index contributed by atoms with van der Waals surface area (Å²) in [6.07, 6.45) is 8.54. The highest BCUT2D eigenvalue weighted by Crippen LogP contribution is 2.38. The number of aromatic nitrogens is 4. The van der Waals surface area contributed by atoms with Gasteiger partial charge in [-0.05, 0) is 67.7 Å². The van der Waals surface area contributed by atoms with E-state index in [-0.39, 0.29) is 0 Å². The molecular weight excluding hydrogens is 420 g/mol. The molecule has 6 nitrogen and oxygen atoms in total. The molecule has 6 rings (SSSR count). The summed E-state index contributed by atoms with van der Waals surface area (Å²) in [6.45, 7) is 3.21. The fourth-order valence-electron chi connectivity index (χ4n) is 5.19. The van der Waals surface area contributed by atoms with Gasteiger partial charge in [0, 0.05) is 41.7 Å². The summed E-state index contributed by atoms with van der Waals surface area (Å²) in [4.78, 5) is 5.01. The van der Waals surface area contributed by atoms with Crippen LogP contribution in [0.15, 0.2) is 67.1 Å². The SMILES string of the molecule is Cn1ncc2cc(-c3ncc4c(ccn4CC4CCNCC4)c3-c3ccc(C#N)cc3)ccc21. The van der Waals surface area contributed by atoms with Crippen LogP contribution in [0.25, 0.3) is 44.2 Å². The summed E-state index contributed by atoms with van der Waals surface area (Å²) in [5.41, 5.74) is 7.09. The fourth-order valence-corrected chi connectivity index (χ4v) is 5.19. The lowest BCUT2D eigenvalue weighted by atomic mass is 9.95. The van der Waals surface area contributed by atoms with Gasteiger partial charge in [-0.2, -0.15) is 10.4 Å². The Kier molecular flexibility index (Phi) is 5.12. The number of fused-ring (bicyclic) bond motifs is 2. The van der Waals surface area contributed by atoms with Crippen molar-refractivity contribution in [1.29, 1.82) is 5.26 Å². The van der Waals surface area contributed by atoms with Crippen molar-refractivity contribution in [2.75, 3.05) is 13.1 Å². The van der Waals surface area contributed by atoms with Crippen molar-refractivity contribution in [1.82, 2.24) is 24.6 Å². The second kappa shape index (κ2) is 8.44. The third kappa shape index (κ3) is 3.55. The van der Waals surface area contributed by atoms with Crippen molar-refractivity contribution in [3.8, 4) is 28.5 Å². The Hall–Kier alpha value is -3.95. The molecule has 0 saturated carbocycles. The largest absolute Gasteiger partial charge is 0.346 e. The van der Waals surface area contributed by atoms with Crippen LogP contribution in [-0.2, 0) is 13.6 Å². The van der Waals surface area contributed by atoms with Crippen LogP contribution < -0.4 is 5.32 Å². The Labute approximate surface area is 198 Å². The van der Waals surface area contributed by atoms with Gasteiger partial charge in [-0.1, -0.05) is 18.2 Å². The van der Waals surface area contributed by atoms with E-state index in [2.05, 4.69) is 51.5 Å². The molecule has 1 aliphatic rings. The normalized spacial score (nSPS) is 14.6. The van der Waals surface area contributed by atoms with Gasteiger partial charge < -0.3 is 9.88 Å². The van der Waals surface area contributed by atoms with Crippen LogP contribution >= 0.6 is 0 Å². The highest BCUT2D eigenvalue weighted by Gasteiger charge is 2.19. The minimum atomic E-state index is 0.658. The lowest BCUT2D eigenvalue weighted by Gasteiger charge is -2.23. The van der Waals surface area contributed by atoms with E-state index in [1.165, 1.54) is 18.2 Å². The van der Waals surface area contributed by atoms with E-state index >= 15 is 0 Å². The van der Waals surface area contributed by atoms with E-state index < -0.39 is 0 Å². The molecule has 0 radical (unpaired) electrons. The van der Waals surface area contributed by atoms with Crippen LogP contribution in [0.5, 0.6) is 0 Å². The third-order valence-electron chi connectivity index (χ3n) is 7.06. The van der Waals surface area contributed by atoms with E-state index in [0.717, 1.165) is 58.4 Å². The van der Waals surface area contributed by atoms with Gasteiger partial charge >= 0.3 is 0 Å². The smallest absolute Gasteiger partial charge is 0.0991 e. The highest BCUT2D eigenvalue weighted by molar-refractivity contribution is 6.02. The number of nitrogens with zero attached hydrogens (tertiary/aromatic N) is 5. The second-order valence-electron chi connectivity index (χ2n) is 9.17. The maximum absolute atomic E-state index is 9.29. The number of pyridine rings is 1. The molecule has 2 aromatic carbocycles. The van der Waals surface area contributed by atoms with Gasteiger partial charge in [0.1, 0.15) is 0 Å². The molecule has 34 heavy (non-hydrogen) atoms. The van der Waals surface area contributed by atoms with Gasteiger partial charge in [-0.25, -0.2) is 0 Å². The van der Waals surface area contributed by atoms with Gasteiger partial charge in [-0.3, -0.25) is 9.67 Å². The minimum Gasteiger partial charge on any atom is -0.346 e. The van der Waals surface area contributed by atoms with Gasteiger partial charge in [-0.15, -0.1) is 0 Å². The van der Waals surface area contributed by atoms with Crippen molar-refractivity contribution in [2.24, 2.45) is 13.0 Å². The molecule has 1 fully saturated rings. The summed E-state index contributed by atoms with van der Waals surface area (Å²) >= 11 is 0. The maximum Gasteiger partial charge on any atom is 0.0991 e. The van der Waals surface area contributed by atoms with Crippen LogP contribution in [0.2, 0.25) is 0 Å². The molecule has 1 N–H and O–H groups in total. The maximum atomic E-state index is 9.29. The van der Waals surface area contributed by atoms with Gasteiger partial charge in [0.15, 0.2) is 0 Å². The Balaban J connectivity index is 1.52. The molecule has 6 heteroatoms. The molecule has 1 aliphatic heterocycles. The first-order chi connectivity index (χ1) is 16.7. The van der Waals surface area contributed by atoms with Crippen LogP contribution in [0.3, 0.4) is 0 Å². The predicted molar refractivity (Wildman–Crippen MR) is 135 cm³/mol. The lowest BCUT2D eigenvalue weighted by Crippen LogP contribution is -2.29. The number of rotatable bonds is 4. The molecule has 0 bridgehead atoms. The number of nitrogens with one attached hydrogen (secondary N) is 1. The topological polar surface area (TPSA) is 71.5 Å². The van der Waals surface area contributed by atoms with E-state index in [1.54, 1.807) is 0 Å². The van der Waals surface area contributed by atoms with Crippen molar-refractivity contribution < 1.29 is 0 Å². The summed E-state index contributed by atoms with van der Waals surface area (Å²) in [7, 11) is 1.96. The van der Waals surface area contributed by atoms with E-state index in [9.17, 15) is 5.26 Å². The summed E-state index contributed by atoms with van der Waals surface area (Å²) in [5, 5.41) is 19.4. The molecule has 0 atom stereocenters. The zero-order valence-corrected chi connectivity index (χ0v) is 19.2. The zero-order valence-electron chi connectivity index (χ0n) is 19.2. The Morgan fingerprint density at radius 3 is 2.59 bits per heavy atom. The van der Waals surface area contributed by atoms with Crippen molar-refractivity contribution in [2.45, 2.75) is 19.4 Å². The highest BCUT2D eigenvalue weighted by atomic mass is 15.2. The number of nitriles is 1. The van der Waals surface area contributed by atoms with Crippen LogP contribution in [0, 0.1) is 17.2 Å². The molecule has 5 aromatic rings. The standard InChI is InChI=1S/C28H26N6/c1-33-25-7-6-22(14-23(25)16-32-33)28-27(21-4-2-19(15-29)3-5-21)24-10-13-34(26(24)17-31-28)18-20-8-11-30-12-9-20/h2-7,10,13-14,16-17,20,30H,8-9,11-12,18H2,1H3. The van der Waals surface area contributed by atoms with Gasteiger partial charge in [0.25, 0.3) is 0 Å². The number of hydrogen-bond donors (Lipinski definition) is 1. The van der Waals surface area contributed by atoms with Crippen molar-refractivity contribution in [3.63, 3.8) is 0 Å². The van der Waals surface area contributed by atoms with Crippen molar-refractivity contribution in [3.05, 3.63) is 72.7 Å². The average Bonchev–Trinajstić information content (AvgIpc) is 3.47. The Morgan fingerprint density at radius 1 is 1.00 bits per heavy atom. The second-order valence-corrected chi connectivity index (χ2v) is 9.17. The number of aryl methyl sites for hydroxylation is 1. The number of hydrogen-bond acceptors (Lipinski definition) is 4. The first kappa shape index (κ1) is 20.6. The number of piperidine rings is 1. The molecule has 4 heterocycles. The molecular formula is C28H26N6. The Bertz CT molecular complexity index is 1530. The molecule has 1 saturated heterocycles. The van der Waals surface area contributed by atoms with E-state index in [1.807, 2.05) is 48.4 Å². The zero-order chi connectivity index (χ0) is 23.1. The quantitative estimate of drug-likeness (QED) is 0.416. The van der Waals surface area contributed by atoms with Gasteiger partial charge in [0.05, 0.1) is 40.8 Å². The van der Waals surface area contributed by atoms with Crippen LogP contribution in [0.4, 0.5) is 0 Å². The molecule has 0 unspecified atom stereocenters. The summed E-state index contributed by atoms with van der Waals surface area (Å²) in [5.74, 6) is 0.683. The van der Waals surface area contributed by atoms with Crippen LogP contribution in [-0.4, -0.2) is 32.4 Å². The minimum absolute atomic E-state index is 0.658. The third-order valence-corrected chi connectivity index (χ3v) is 7.06. The predicted octanol–water partition coefficient (Wildman–Crippen LogP) is 5.13.